The average Bonchev–Trinajstić information content (AvgIpc) is 3.66. The van der Waals surface area contributed by atoms with Gasteiger partial charge in [-0.15, -0.1) is 0 Å². The van der Waals surface area contributed by atoms with Gasteiger partial charge in [-0.1, -0.05) is 214 Å². The molecule has 0 bridgehead atoms. The maximum Gasteiger partial charge on any atom is 0.164 e. The molecule has 12 rings (SSSR count). The number of nitrogens with zero attached hydrogens (tertiary/aromatic N) is 5. The molecule has 1 aliphatic rings. The van der Waals surface area contributed by atoms with Gasteiger partial charge in [-0.3, -0.25) is 0 Å². The smallest absolute Gasteiger partial charge is 0.164 e. The molecule has 0 aliphatic heterocycles. The highest BCUT2D eigenvalue weighted by molar-refractivity contribution is 5.85. The van der Waals surface area contributed by atoms with E-state index in [4.69, 9.17) is 24.9 Å². The molecule has 0 unspecified atom stereocenters. The Kier molecular flexibility index (Phi) is 10.4. The van der Waals surface area contributed by atoms with E-state index in [0.717, 1.165) is 78.1 Å². The van der Waals surface area contributed by atoms with Crippen LogP contribution < -0.4 is 0 Å². The van der Waals surface area contributed by atoms with Crippen LogP contribution in [0.4, 0.5) is 0 Å². The van der Waals surface area contributed by atoms with E-state index in [2.05, 4.69) is 220 Å². The molecule has 0 spiro atoms. The molecule has 1 aliphatic carbocycles. The average molecular weight is 884 g/mol. The number of rotatable bonds is 9. The zero-order valence-corrected chi connectivity index (χ0v) is 38.3. The first kappa shape index (κ1) is 41.5. The zero-order valence-electron chi connectivity index (χ0n) is 38.3. The first-order valence-electron chi connectivity index (χ1n) is 23.4. The van der Waals surface area contributed by atoms with Gasteiger partial charge in [0.1, 0.15) is 0 Å². The molecular weight excluding hydrogens is 839 g/mol. The summed E-state index contributed by atoms with van der Waals surface area (Å²) in [6.07, 6.45) is 0. The first-order chi connectivity index (χ1) is 33.9. The van der Waals surface area contributed by atoms with Gasteiger partial charge in [0.05, 0.1) is 11.4 Å². The number of hydrogen-bond acceptors (Lipinski definition) is 5. The van der Waals surface area contributed by atoms with Crippen molar-refractivity contribution in [1.82, 2.24) is 24.9 Å². The predicted octanol–water partition coefficient (Wildman–Crippen LogP) is 16.0. The van der Waals surface area contributed by atoms with Gasteiger partial charge >= 0.3 is 0 Å². The fourth-order valence-electron chi connectivity index (χ4n) is 9.72. The third-order valence-electron chi connectivity index (χ3n) is 13.3. The van der Waals surface area contributed by atoms with Gasteiger partial charge in [-0.2, -0.15) is 0 Å². The monoisotopic (exact) mass is 883 g/mol. The van der Waals surface area contributed by atoms with Crippen molar-refractivity contribution in [3.8, 4) is 113 Å². The minimum atomic E-state index is -0.131. The summed E-state index contributed by atoms with van der Waals surface area (Å²) < 4.78 is 0. The summed E-state index contributed by atoms with van der Waals surface area (Å²) in [6.45, 7) is 4.63. The van der Waals surface area contributed by atoms with Crippen molar-refractivity contribution < 1.29 is 0 Å². The van der Waals surface area contributed by atoms with Gasteiger partial charge in [0.15, 0.2) is 23.3 Å². The lowest BCUT2D eigenvalue weighted by atomic mass is 9.82. The molecule has 5 nitrogen and oxygen atoms in total. The summed E-state index contributed by atoms with van der Waals surface area (Å²) in [5.74, 6) is 2.49. The van der Waals surface area contributed by atoms with E-state index >= 15 is 0 Å². The second-order valence-corrected chi connectivity index (χ2v) is 18.1. The van der Waals surface area contributed by atoms with Gasteiger partial charge in [-0.25, -0.2) is 24.9 Å². The molecule has 2 heterocycles. The first-order valence-corrected chi connectivity index (χ1v) is 23.4. The van der Waals surface area contributed by atoms with E-state index in [1.807, 2.05) is 30.3 Å². The van der Waals surface area contributed by atoms with Crippen LogP contribution in [0.2, 0.25) is 0 Å². The molecule has 0 saturated heterocycles. The van der Waals surface area contributed by atoms with E-state index in [1.165, 1.54) is 22.3 Å². The molecule has 0 radical (unpaired) electrons. The Morgan fingerprint density at radius 1 is 0.232 bits per heavy atom. The Morgan fingerprint density at radius 3 is 1.09 bits per heavy atom. The van der Waals surface area contributed by atoms with Gasteiger partial charge in [0.2, 0.25) is 0 Å². The van der Waals surface area contributed by atoms with Crippen LogP contribution in [-0.4, -0.2) is 24.9 Å². The van der Waals surface area contributed by atoms with E-state index in [9.17, 15) is 0 Å². The molecule has 0 N–H and O–H groups in total. The Balaban J connectivity index is 0.943. The van der Waals surface area contributed by atoms with Crippen molar-refractivity contribution in [2.45, 2.75) is 19.3 Å². The van der Waals surface area contributed by atoms with Crippen LogP contribution in [-0.2, 0) is 5.41 Å². The van der Waals surface area contributed by atoms with Crippen LogP contribution in [0, 0.1) is 0 Å². The van der Waals surface area contributed by atoms with Crippen molar-refractivity contribution in [2.75, 3.05) is 0 Å². The fourth-order valence-corrected chi connectivity index (χ4v) is 9.72. The SMILES string of the molecule is CC1(C)c2ccccc2-c2ccc(-c3cc(-c4cccc(-c5cccc(-c6nc(-c7cccc(-c8ccccc8)c7)nc(-c7cccc(-c8ccccc8)c7)n6)c5)c4)nc(-c4ccccc4)n3)cc21. The van der Waals surface area contributed by atoms with Crippen molar-refractivity contribution >= 4 is 0 Å². The Bertz CT molecular complexity index is 3590. The molecular formula is C64H45N5. The minimum absolute atomic E-state index is 0.131. The summed E-state index contributed by atoms with van der Waals surface area (Å²) in [7, 11) is 0. The van der Waals surface area contributed by atoms with E-state index in [1.54, 1.807) is 0 Å². The molecule has 0 fully saturated rings. The van der Waals surface area contributed by atoms with Crippen molar-refractivity contribution in [3.63, 3.8) is 0 Å². The third-order valence-corrected chi connectivity index (χ3v) is 13.3. The quantitative estimate of drug-likeness (QED) is 0.144. The highest BCUT2D eigenvalue weighted by Crippen LogP contribution is 2.49. The number of benzene rings is 9. The number of fused-ring (bicyclic) bond motifs is 3. The molecule has 326 valence electrons. The summed E-state index contributed by atoms with van der Waals surface area (Å²) >= 11 is 0. The topological polar surface area (TPSA) is 64.5 Å². The maximum absolute atomic E-state index is 5.22. The fraction of sp³-hybridized carbons (Fsp3) is 0.0469. The van der Waals surface area contributed by atoms with Crippen LogP contribution in [0.3, 0.4) is 0 Å². The largest absolute Gasteiger partial charge is 0.228 e. The van der Waals surface area contributed by atoms with Gasteiger partial charge in [0, 0.05) is 38.8 Å². The lowest BCUT2D eigenvalue weighted by Gasteiger charge is -2.22. The summed E-state index contributed by atoms with van der Waals surface area (Å²) in [5.41, 5.74) is 19.1. The predicted molar refractivity (Wildman–Crippen MR) is 282 cm³/mol. The third kappa shape index (κ3) is 8.00. The minimum Gasteiger partial charge on any atom is -0.228 e. The maximum atomic E-state index is 5.22. The molecule has 9 aromatic carbocycles. The van der Waals surface area contributed by atoms with Gasteiger partial charge in [-0.05, 0) is 92.0 Å². The number of aromatic nitrogens is 5. The second-order valence-electron chi connectivity index (χ2n) is 18.1. The molecule has 69 heavy (non-hydrogen) atoms. The van der Waals surface area contributed by atoms with Crippen LogP contribution in [0.5, 0.6) is 0 Å². The van der Waals surface area contributed by atoms with E-state index in [-0.39, 0.29) is 5.41 Å². The van der Waals surface area contributed by atoms with Crippen LogP contribution >= 0.6 is 0 Å². The Morgan fingerprint density at radius 2 is 0.580 bits per heavy atom. The lowest BCUT2D eigenvalue weighted by Crippen LogP contribution is -2.14. The van der Waals surface area contributed by atoms with Crippen LogP contribution in [0.15, 0.2) is 237 Å². The normalized spacial score (nSPS) is 12.3. The van der Waals surface area contributed by atoms with Crippen molar-refractivity contribution in [2.24, 2.45) is 0 Å². The summed E-state index contributed by atoms with van der Waals surface area (Å²) in [4.78, 5) is 26.0. The number of hydrogen-bond donors (Lipinski definition) is 0. The zero-order chi connectivity index (χ0) is 46.3. The van der Waals surface area contributed by atoms with E-state index in [0.29, 0.717) is 23.3 Å². The Hall–Kier alpha value is -8.93. The Labute approximate surface area is 402 Å². The summed E-state index contributed by atoms with van der Waals surface area (Å²) in [6, 6.07) is 82.7. The molecule has 0 atom stereocenters. The molecule has 5 heteroatoms. The van der Waals surface area contributed by atoms with Crippen molar-refractivity contribution in [3.05, 3.63) is 248 Å². The lowest BCUT2D eigenvalue weighted by molar-refractivity contribution is 0.660. The molecule has 0 amide bonds. The standard InChI is InChI=1S/C64H45N5/c1-64(2)56-33-13-12-32-54(56)55-35-34-50(40-57(55)64)59-41-58(65-60(66-59)44-22-10-5-11-23-44)49-28-14-26-47(36-49)48-27-17-31-53(39-48)63-68-61(51-29-15-24-45(37-51)42-18-6-3-7-19-42)67-62(69-63)52-30-16-25-46(38-52)43-20-8-4-9-21-43/h3-41H,1-2H3. The van der Waals surface area contributed by atoms with Crippen molar-refractivity contribution in [1.29, 1.82) is 0 Å². The summed E-state index contributed by atoms with van der Waals surface area (Å²) in [5, 5.41) is 0. The van der Waals surface area contributed by atoms with Gasteiger partial charge < -0.3 is 0 Å². The molecule has 11 aromatic rings. The molecule has 2 aromatic heterocycles. The van der Waals surface area contributed by atoms with Crippen LogP contribution in [0.1, 0.15) is 25.0 Å². The highest BCUT2D eigenvalue weighted by Gasteiger charge is 2.35. The van der Waals surface area contributed by atoms with E-state index < -0.39 is 0 Å². The highest BCUT2D eigenvalue weighted by atomic mass is 15.0. The molecule has 0 saturated carbocycles. The second kappa shape index (κ2) is 17.4. The van der Waals surface area contributed by atoms with Gasteiger partial charge in [0.25, 0.3) is 0 Å². The van der Waals surface area contributed by atoms with Crippen LogP contribution in [0.25, 0.3) is 113 Å².